The van der Waals surface area contributed by atoms with Crippen molar-refractivity contribution < 1.29 is 9.47 Å². The van der Waals surface area contributed by atoms with Gasteiger partial charge in [0.25, 0.3) is 0 Å². The minimum Gasteiger partial charge on any atom is -0.497 e. The van der Waals surface area contributed by atoms with Gasteiger partial charge in [0.05, 0.1) is 13.7 Å². The first-order valence-electron chi connectivity index (χ1n) is 8.42. The van der Waals surface area contributed by atoms with Gasteiger partial charge in [-0.25, -0.2) is 0 Å². The maximum absolute atomic E-state index is 5.87. The molecule has 0 aliphatic heterocycles. The Morgan fingerprint density at radius 1 is 0.826 bits per heavy atom. The minimum atomic E-state index is 0.553. The number of methoxy groups -OCH3 is 1. The molecule has 0 spiro atoms. The van der Waals surface area contributed by atoms with Gasteiger partial charge in [-0.15, -0.1) is 0 Å². The summed E-state index contributed by atoms with van der Waals surface area (Å²) in [5, 5.41) is 0. The van der Waals surface area contributed by atoms with Crippen molar-refractivity contribution in [2.75, 3.05) is 13.7 Å². The smallest absolute Gasteiger partial charge is 0.119 e. The van der Waals surface area contributed by atoms with E-state index < -0.39 is 0 Å². The number of rotatable bonds is 8. The number of hydrogen-bond donors (Lipinski definition) is 0. The Morgan fingerprint density at radius 3 is 2.04 bits per heavy atom. The molecule has 0 amide bonds. The average Bonchev–Trinajstić information content (AvgIpc) is 2.59. The summed E-state index contributed by atoms with van der Waals surface area (Å²) >= 11 is 0. The van der Waals surface area contributed by atoms with Gasteiger partial charge >= 0.3 is 0 Å². The van der Waals surface area contributed by atoms with E-state index in [1.165, 1.54) is 24.0 Å². The van der Waals surface area contributed by atoms with Crippen molar-refractivity contribution >= 4 is 0 Å². The van der Waals surface area contributed by atoms with Crippen LogP contribution in [0.1, 0.15) is 43.7 Å². The number of hydrogen-bond acceptors (Lipinski definition) is 2. The first-order chi connectivity index (χ1) is 11.1. The maximum atomic E-state index is 5.87. The fraction of sp³-hybridized carbons (Fsp3) is 0.429. The highest BCUT2D eigenvalue weighted by Gasteiger charge is 2.10. The zero-order valence-electron chi connectivity index (χ0n) is 14.7. The van der Waals surface area contributed by atoms with Crippen LogP contribution >= 0.6 is 0 Å². The summed E-state index contributed by atoms with van der Waals surface area (Å²) in [7, 11) is 1.70. The lowest BCUT2D eigenvalue weighted by molar-refractivity contribution is 0.248. The third-order valence-electron chi connectivity index (χ3n) is 4.33. The van der Waals surface area contributed by atoms with Gasteiger partial charge in [0.1, 0.15) is 11.5 Å². The van der Waals surface area contributed by atoms with E-state index in [1.807, 2.05) is 24.3 Å². The van der Waals surface area contributed by atoms with Crippen molar-refractivity contribution in [3.8, 4) is 11.5 Å². The van der Waals surface area contributed by atoms with Crippen LogP contribution in [-0.2, 0) is 0 Å². The second kappa shape index (κ2) is 8.61. The lowest BCUT2D eigenvalue weighted by atomic mass is 9.92. The Bertz CT molecular complexity index is 572. The zero-order chi connectivity index (χ0) is 16.7. The van der Waals surface area contributed by atoms with Gasteiger partial charge < -0.3 is 9.47 Å². The molecule has 0 aromatic heterocycles. The van der Waals surface area contributed by atoms with Crippen LogP contribution in [-0.4, -0.2) is 13.7 Å². The number of benzene rings is 2. The number of ether oxygens (including phenoxy) is 2. The molecule has 23 heavy (non-hydrogen) atoms. The first kappa shape index (κ1) is 17.4. The topological polar surface area (TPSA) is 18.5 Å². The van der Waals surface area contributed by atoms with Crippen molar-refractivity contribution in [3.05, 3.63) is 59.7 Å². The van der Waals surface area contributed by atoms with Gasteiger partial charge in [0, 0.05) is 0 Å². The van der Waals surface area contributed by atoms with Crippen LogP contribution in [0.5, 0.6) is 11.5 Å². The molecule has 0 saturated heterocycles. The lowest BCUT2D eigenvalue weighted by Crippen LogP contribution is -2.09. The van der Waals surface area contributed by atoms with Gasteiger partial charge in [0.15, 0.2) is 0 Å². The summed E-state index contributed by atoms with van der Waals surface area (Å²) in [4.78, 5) is 0. The predicted octanol–water partition coefficient (Wildman–Crippen LogP) is 5.60. The fourth-order valence-electron chi connectivity index (χ4n) is 2.59. The van der Waals surface area contributed by atoms with Crippen LogP contribution in [0.3, 0.4) is 0 Å². The van der Waals surface area contributed by atoms with E-state index in [0.29, 0.717) is 11.8 Å². The van der Waals surface area contributed by atoms with Crippen LogP contribution in [0.15, 0.2) is 48.5 Å². The second-order valence-electron chi connectivity index (χ2n) is 6.48. The molecular weight excluding hydrogens is 284 g/mol. The molecule has 124 valence electrons. The Morgan fingerprint density at radius 2 is 1.43 bits per heavy atom. The highest BCUT2D eigenvalue weighted by atomic mass is 16.5. The minimum absolute atomic E-state index is 0.553. The molecule has 2 aromatic rings. The van der Waals surface area contributed by atoms with Gasteiger partial charge in [-0.3, -0.25) is 0 Å². The van der Waals surface area contributed by atoms with Crippen LogP contribution in [0, 0.1) is 12.8 Å². The van der Waals surface area contributed by atoms with Crippen molar-refractivity contribution in [3.63, 3.8) is 0 Å². The molecule has 2 aromatic carbocycles. The van der Waals surface area contributed by atoms with E-state index in [-0.39, 0.29) is 0 Å². The molecule has 0 fully saturated rings. The Kier molecular flexibility index (Phi) is 6.52. The first-order valence-corrected chi connectivity index (χ1v) is 8.42. The molecular formula is C21H28O2. The van der Waals surface area contributed by atoms with Gasteiger partial charge in [0.2, 0.25) is 0 Å². The largest absolute Gasteiger partial charge is 0.497 e. The standard InChI is InChI=1S/C21H28O2/c1-16-6-11-21(12-7-16)23-15-17(2)5-8-18(3)19-9-13-20(22-4)14-10-19/h6-7,9-14,17-18H,5,8,15H2,1-4H3. The Balaban J connectivity index is 1.74. The van der Waals surface area contributed by atoms with Crippen molar-refractivity contribution in [2.45, 2.75) is 39.5 Å². The number of aryl methyl sites for hydroxylation is 1. The molecule has 0 heterocycles. The monoisotopic (exact) mass is 312 g/mol. The van der Waals surface area contributed by atoms with Crippen LogP contribution in [0.4, 0.5) is 0 Å². The summed E-state index contributed by atoms with van der Waals surface area (Å²) in [5.41, 5.74) is 2.64. The van der Waals surface area contributed by atoms with Crippen molar-refractivity contribution in [1.82, 2.24) is 0 Å². The molecule has 2 unspecified atom stereocenters. The third-order valence-corrected chi connectivity index (χ3v) is 4.33. The summed E-state index contributed by atoms with van der Waals surface area (Å²) < 4.78 is 11.1. The maximum Gasteiger partial charge on any atom is 0.119 e. The molecule has 0 bridgehead atoms. The van der Waals surface area contributed by atoms with Crippen LogP contribution < -0.4 is 9.47 Å². The molecule has 0 saturated carbocycles. The van der Waals surface area contributed by atoms with E-state index in [2.05, 4.69) is 45.0 Å². The van der Waals surface area contributed by atoms with E-state index in [0.717, 1.165) is 18.1 Å². The average molecular weight is 312 g/mol. The molecule has 0 aliphatic rings. The summed E-state index contributed by atoms with van der Waals surface area (Å²) in [6, 6.07) is 16.7. The highest BCUT2D eigenvalue weighted by molar-refractivity contribution is 5.29. The molecule has 0 aliphatic carbocycles. The fourth-order valence-corrected chi connectivity index (χ4v) is 2.59. The van der Waals surface area contributed by atoms with E-state index in [9.17, 15) is 0 Å². The SMILES string of the molecule is COc1ccc(C(C)CCC(C)COc2ccc(C)cc2)cc1. The molecule has 2 nitrogen and oxygen atoms in total. The zero-order valence-corrected chi connectivity index (χ0v) is 14.7. The third kappa shape index (κ3) is 5.63. The molecule has 2 heteroatoms. The van der Waals surface area contributed by atoms with E-state index >= 15 is 0 Å². The van der Waals surface area contributed by atoms with E-state index in [4.69, 9.17) is 9.47 Å². The highest BCUT2D eigenvalue weighted by Crippen LogP contribution is 2.25. The summed E-state index contributed by atoms with van der Waals surface area (Å²) in [6.45, 7) is 7.41. The summed E-state index contributed by atoms with van der Waals surface area (Å²) in [5.74, 6) is 2.99. The molecule has 0 radical (unpaired) electrons. The molecule has 2 atom stereocenters. The Hall–Kier alpha value is -1.96. The lowest BCUT2D eigenvalue weighted by Gasteiger charge is -2.17. The molecule has 2 rings (SSSR count). The second-order valence-corrected chi connectivity index (χ2v) is 6.48. The van der Waals surface area contributed by atoms with Crippen molar-refractivity contribution in [1.29, 1.82) is 0 Å². The quantitative estimate of drug-likeness (QED) is 0.631. The van der Waals surface area contributed by atoms with Crippen molar-refractivity contribution in [2.24, 2.45) is 5.92 Å². The van der Waals surface area contributed by atoms with E-state index in [1.54, 1.807) is 7.11 Å². The van der Waals surface area contributed by atoms with Gasteiger partial charge in [-0.05, 0) is 61.4 Å². The van der Waals surface area contributed by atoms with Crippen LogP contribution in [0.2, 0.25) is 0 Å². The van der Waals surface area contributed by atoms with Gasteiger partial charge in [-0.1, -0.05) is 43.7 Å². The predicted molar refractivity (Wildman–Crippen MR) is 96.5 cm³/mol. The summed E-state index contributed by atoms with van der Waals surface area (Å²) in [6.07, 6.45) is 2.34. The Labute approximate surface area is 140 Å². The van der Waals surface area contributed by atoms with Crippen LogP contribution in [0.25, 0.3) is 0 Å². The molecule has 0 N–H and O–H groups in total. The normalized spacial score (nSPS) is 13.4. The van der Waals surface area contributed by atoms with Gasteiger partial charge in [-0.2, -0.15) is 0 Å².